The van der Waals surface area contributed by atoms with Gasteiger partial charge in [0, 0.05) is 23.1 Å². The molecule has 0 radical (unpaired) electrons. The minimum absolute atomic E-state index is 0.0817. The van der Waals surface area contributed by atoms with Crippen molar-refractivity contribution in [3.05, 3.63) is 77.1 Å². The summed E-state index contributed by atoms with van der Waals surface area (Å²) >= 11 is 0. The Morgan fingerprint density at radius 1 is 1.19 bits per heavy atom. The molecule has 0 saturated carbocycles. The second-order valence-electron chi connectivity index (χ2n) is 6.54. The fourth-order valence-corrected chi connectivity index (χ4v) is 3.36. The van der Waals surface area contributed by atoms with Gasteiger partial charge in [-0.15, -0.1) is 0 Å². The van der Waals surface area contributed by atoms with Crippen molar-refractivity contribution in [1.82, 2.24) is 20.1 Å². The van der Waals surface area contributed by atoms with Crippen molar-refractivity contribution in [2.24, 2.45) is 0 Å². The standard InChI is InChI=1S/C20H19FN4O/c1-13-5-6-14(11-22-13)20(26)24-18-3-2-4-19-17(18)12-23-25(19)16-9-7-15(21)8-10-16/h5-12,18H,2-4H2,1H3,(H,24,26)/t18-/m1/s1. The second kappa shape index (κ2) is 6.71. The van der Waals surface area contributed by atoms with Crippen LogP contribution in [0.2, 0.25) is 0 Å². The van der Waals surface area contributed by atoms with E-state index in [1.165, 1.54) is 12.1 Å². The van der Waals surface area contributed by atoms with E-state index in [4.69, 9.17) is 0 Å². The van der Waals surface area contributed by atoms with Gasteiger partial charge in [-0.05, 0) is 62.6 Å². The molecule has 4 rings (SSSR count). The lowest BCUT2D eigenvalue weighted by Gasteiger charge is -2.24. The fourth-order valence-electron chi connectivity index (χ4n) is 3.36. The first-order valence-electron chi connectivity index (χ1n) is 8.68. The summed E-state index contributed by atoms with van der Waals surface area (Å²) < 4.78 is 15.0. The highest BCUT2D eigenvalue weighted by atomic mass is 19.1. The fraction of sp³-hybridized carbons (Fsp3) is 0.250. The van der Waals surface area contributed by atoms with Crippen LogP contribution in [0.4, 0.5) is 4.39 Å². The number of nitrogens with zero attached hydrogens (tertiary/aromatic N) is 3. The van der Waals surface area contributed by atoms with Crippen molar-refractivity contribution in [2.75, 3.05) is 0 Å². The van der Waals surface area contributed by atoms with Crippen LogP contribution in [0.1, 0.15) is 46.2 Å². The number of aromatic nitrogens is 3. The Morgan fingerprint density at radius 2 is 2.00 bits per heavy atom. The first-order valence-corrected chi connectivity index (χ1v) is 8.68. The predicted octanol–water partition coefficient (Wildman–Crippen LogP) is 3.52. The normalized spacial score (nSPS) is 16.2. The quantitative estimate of drug-likeness (QED) is 0.786. The van der Waals surface area contributed by atoms with Crippen LogP contribution >= 0.6 is 0 Å². The van der Waals surface area contributed by atoms with Gasteiger partial charge in [-0.2, -0.15) is 5.10 Å². The Kier molecular flexibility index (Phi) is 4.24. The highest BCUT2D eigenvalue weighted by Crippen LogP contribution is 2.31. The maximum Gasteiger partial charge on any atom is 0.253 e. The maximum absolute atomic E-state index is 13.2. The summed E-state index contributed by atoms with van der Waals surface area (Å²) in [5.41, 5.74) is 4.34. The molecule has 1 aliphatic rings. The Morgan fingerprint density at radius 3 is 2.73 bits per heavy atom. The number of aryl methyl sites for hydroxylation is 1. The van der Waals surface area contributed by atoms with Gasteiger partial charge >= 0.3 is 0 Å². The van der Waals surface area contributed by atoms with Crippen LogP contribution in [0.15, 0.2) is 48.8 Å². The SMILES string of the molecule is Cc1ccc(C(=O)N[C@@H]2CCCc3c2cnn3-c2ccc(F)cc2)cn1. The lowest BCUT2D eigenvalue weighted by Crippen LogP contribution is -2.31. The van der Waals surface area contributed by atoms with E-state index in [0.717, 1.165) is 41.9 Å². The van der Waals surface area contributed by atoms with Crippen molar-refractivity contribution in [1.29, 1.82) is 0 Å². The summed E-state index contributed by atoms with van der Waals surface area (Å²) in [6, 6.07) is 9.80. The van der Waals surface area contributed by atoms with Gasteiger partial charge in [0.05, 0.1) is 23.5 Å². The molecule has 1 N–H and O–H groups in total. The van der Waals surface area contributed by atoms with Crippen LogP contribution in [-0.4, -0.2) is 20.7 Å². The number of rotatable bonds is 3. The largest absolute Gasteiger partial charge is 0.345 e. The molecular weight excluding hydrogens is 331 g/mol. The molecule has 1 aromatic carbocycles. The first kappa shape index (κ1) is 16.4. The number of hydrogen-bond donors (Lipinski definition) is 1. The number of carbonyl (C=O) groups excluding carboxylic acids is 1. The Bertz CT molecular complexity index is 931. The minimum Gasteiger partial charge on any atom is -0.345 e. The lowest BCUT2D eigenvalue weighted by molar-refractivity contribution is 0.0932. The van der Waals surface area contributed by atoms with E-state index in [0.29, 0.717) is 5.56 Å². The van der Waals surface area contributed by atoms with Crippen LogP contribution < -0.4 is 5.32 Å². The Hall–Kier alpha value is -3.02. The molecule has 6 heteroatoms. The number of carbonyl (C=O) groups is 1. The van der Waals surface area contributed by atoms with Crippen molar-refractivity contribution in [3.8, 4) is 5.69 Å². The summed E-state index contributed by atoms with van der Waals surface area (Å²) in [7, 11) is 0. The van der Waals surface area contributed by atoms with Crippen LogP contribution in [0.25, 0.3) is 5.69 Å². The molecule has 0 saturated heterocycles. The van der Waals surface area contributed by atoms with Gasteiger partial charge in [-0.1, -0.05) is 0 Å². The average molecular weight is 350 g/mol. The number of hydrogen-bond acceptors (Lipinski definition) is 3. The van der Waals surface area contributed by atoms with Crippen molar-refractivity contribution < 1.29 is 9.18 Å². The van der Waals surface area contributed by atoms with Gasteiger partial charge in [0.1, 0.15) is 5.82 Å². The van der Waals surface area contributed by atoms with Crippen LogP contribution in [0, 0.1) is 12.7 Å². The molecule has 2 heterocycles. The maximum atomic E-state index is 13.2. The molecular formula is C20H19FN4O. The van der Waals surface area contributed by atoms with Gasteiger partial charge in [-0.3, -0.25) is 9.78 Å². The van der Waals surface area contributed by atoms with Crippen LogP contribution in [0.3, 0.4) is 0 Å². The average Bonchev–Trinajstić information content (AvgIpc) is 3.08. The number of nitrogens with one attached hydrogen (secondary N) is 1. The monoisotopic (exact) mass is 350 g/mol. The molecule has 0 unspecified atom stereocenters. The molecule has 2 aromatic heterocycles. The van der Waals surface area contributed by atoms with Crippen LogP contribution in [0.5, 0.6) is 0 Å². The Balaban J connectivity index is 1.59. The third-order valence-corrected chi connectivity index (χ3v) is 4.73. The Labute approximate surface area is 150 Å². The van der Waals surface area contributed by atoms with Gasteiger partial charge in [0.25, 0.3) is 5.91 Å². The summed E-state index contributed by atoms with van der Waals surface area (Å²) in [5.74, 6) is -0.406. The van der Waals surface area contributed by atoms with Crippen molar-refractivity contribution in [2.45, 2.75) is 32.2 Å². The topological polar surface area (TPSA) is 59.8 Å². The van der Waals surface area contributed by atoms with Crippen LogP contribution in [-0.2, 0) is 6.42 Å². The summed E-state index contributed by atoms with van der Waals surface area (Å²) in [6.45, 7) is 1.89. The minimum atomic E-state index is -0.272. The van der Waals surface area contributed by atoms with E-state index in [2.05, 4.69) is 15.4 Å². The van der Waals surface area contributed by atoms with E-state index in [1.807, 2.05) is 17.7 Å². The molecule has 132 valence electrons. The zero-order chi connectivity index (χ0) is 18.1. The molecule has 5 nitrogen and oxygen atoms in total. The summed E-state index contributed by atoms with van der Waals surface area (Å²) in [4.78, 5) is 16.7. The number of benzene rings is 1. The number of fused-ring (bicyclic) bond motifs is 1. The molecule has 1 atom stereocenters. The van der Waals surface area contributed by atoms with Crippen molar-refractivity contribution in [3.63, 3.8) is 0 Å². The zero-order valence-corrected chi connectivity index (χ0v) is 14.4. The highest BCUT2D eigenvalue weighted by Gasteiger charge is 2.26. The molecule has 1 amide bonds. The van der Waals surface area contributed by atoms with E-state index in [9.17, 15) is 9.18 Å². The van der Waals surface area contributed by atoms with E-state index in [-0.39, 0.29) is 17.8 Å². The molecule has 3 aromatic rings. The number of amides is 1. The molecule has 1 aliphatic carbocycles. The lowest BCUT2D eigenvalue weighted by atomic mass is 9.92. The van der Waals surface area contributed by atoms with Gasteiger partial charge in [-0.25, -0.2) is 9.07 Å². The highest BCUT2D eigenvalue weighted by molar-refractivity contribution is 5.94. The number of halogens is 1. The van der Waals surface area contributed by atoms with Gasteiger partial charge in [0.15, 0.2) is 0 Å². The molecule has 0 aliphatic heterocycles. The number of pyridine rings is 1. The second-order valence-corrected chi connectivity index (χ2v) is 6.54. The first-order chi connectivity index (χ1) is 12.6. The molecule has 0 fully saturated rings. The third-order valence-electron chi connectivity index (χ3n) is 4.73. The molecule has 26 heavy (non-hydrogen) atoms. The summed E-state index contributed by atoms with van der Waals surface area (Å²) in [6.07, 6.45) is 6.10. The predicted molar refractivity (Wildman–Crippen MR) is 95.6 cm³/mol. The molecule has 0 spiro atoms. The van der Waals surface area contributed by atoms with E-state index >= 15 is 0 Å². The molecule has 0 bridgehead atoms. The van der Waals surface area contributed by atoms with Gasteiger partial charge in [0.2, 0.25) is 0 Å². The van der Waals surface area contributed by atoms with Crippen molar-refractivity contribution >= 4 is 5.91 Å². The van der Waals surface area contributed by atoms with E-state index in [1.54, 1.807) is 30.6 Å². The van der Waals surface area contributed by atoms with E-state index < -0.39 is 0 Å². The summed E-state index contributed by atoms with van der Waals surface area (Å²) in [5, 5.41) is 7.56. The third kappa shape index (κ3) is 3.10. The zero-order valence-electron chi connectivity index (χ0n) is 14.4. The smallest absolute Gasteiger partial charge is 0.253 e. The van der Waals surface area contributed by atoms with Gasteiger partial charge < -0.3 is 5.32 Å².